The van der Waals surface area contributed by atoms with Crippen LogP contribution in [0.15, 0.2) is 6.07 Å². The largest absolute Gasteiger partial charge is 0.490 e. The van der Waals surface area contributed by atoms with Crippen LogP contribution in [0.2, 0.25) is 5.02 Å². The van der Waals surface area contributed by atoms with Crippen LogP contribution in [0.1, 0.15) is 36.5 Å². The first-order valence-electron chi connectivity index (χ1n) is 5.38. The summed E-state index contributed by atoms with van der Waals surface area (Å²) in [5.74, 6) is 0.0895. The number of methoxy groups -OCH3 is 1. The van der Waals surface area contributed by atoms with Crippen LogP contribution in [-0.4, -0.2) is 24.7 Å². The van der Waals surface area contributed by atoms with Gasteiger partial charge in [-0.25, -0.2) is 9.78 Å². The van der Waals surface area contributed by atoms with E-state index in [1.165, 1.54) is 13.2 Å². The Morgan fingerprint density at radius 3 is 2.94 bits per heavy atom. The summed E-state index contributed by atoms with van der Waals surface area (Å²) in [4.78, 5) is 15.8. The highest BCUT2D eigenvalue weighted by Gasteiger charge is 2.33. The summed E-state index contributed by atoms with van der Waals surface area (Å²) in [6.07, 6.45) is 0.841. The van der Waals surface area contributed by atoms with Crippen LogP contribution in [0.25, 0.3) is 0 Å². The van der Waals surface area contributed by atoms with Crippen LogP contribution >= 0.6 is 11.6 Å². The Morgan fingerprint density at radius 2 is 2.29 bits per heavy atom. The zero-order valence-corrected chi connectivity index (χ0v) is 10.8. The van der Waals surface area contributed by atoms with E-state index in [0.29, 0.717) is 17.4 Å². The molecule has 2 rings (SSSR count). The smallest absolute Gasteiger partial charge is 0.356 e. The van der Waals surface area contributed by atoms with Crippen molar-refractivity contribution in [2.24, 2.45) is 0 Å². The summed E-state index contributed by atoms with van der Waals surface area (Å²) in [6, 6.07) is 1.48. The van der Waals surface area contributed by atoms with Gasteiger partial charge in [-0.3, -0.25) is 0 Å². The highest BCUT2D eigenvalue weighted by Crippen LogP contribution is 2.41. The van der Waals surface area contributed by atoms with E-state index in [0.717, 1.165) is 12.1 Å². The molecule has 0 N–H and O–H groups in total. The van der Waals surface area contributed by atoms with Crippen molar-refractivity contribution in [3.63, 3.8) is 0 Å². The number of rotatable bonds is 1. The lowest BCUT2D eigenvalue weighted by atomic mass is 9.83. The van der Waals surface area contributed by atoms with Crippen molar-refractivity contribution < 1.29 is 14.3 Å². The zero-order valence-electron chi connectivity index (χ0n) is 10.0. The van der Waals surface area contributed by atoms with Crippen LogP contribution in [0.5, 0.6) is 5.75 Å². The topological polar surface area (TPSA) is 48.4 Å². The molecule has 4 nitrogen and oxygen atoms in total. The van der Waals surface area contributed by atoms with Gasteiger partial charge in [-0.15, -0.1) is 0 Å². The molecule has 0 spiro atoms. The van der Waals surface area contributed by atoms with Gasteiger partial charge < -0.3 is 9.47 Å². The van der Waals surface area contributed by atoms with E-state index in [1.807, 2.05) is 0 Å². The van der Waals surface area contributed by atoms with Crippen LogP contribution < -0.4 is 4.74 Å². The van der Waals surface area contributed by atoms with E-state index < -0.39 is 5.97 Å². The predicted octanol–water partition coefficient (Wildman–Crippen LogP) is 2.58. The molecule has 0 aromatic carbocycles. The molecule has 0 bridgehead atoms. The molecular formula is C12H14ClNO3. The molecule has 0 radical (unpaired) electrons. The number of pyridine rings is 1. The number of hydrogen-bond donors (Lipinski definition) is 0. The molecule has 0 aliphatic carbocycles. The molecule has 0 atom stereocenters. The van der Waals surface area contributed by atoms with Gasteiger partial charge in [0.2, 0.25) is 0 Å². The van der Waals surface area contributed by atoms with E-state index in [4.69, 9.17) is 16.3 Å². The van der Waals surface area contributed by atoms with Crippen molar-refractivity contribution in [3.8, 4) is 5.75 Å². The third-order valence-electron chi connectivity index (χ3n) is 2.94. The quantitative estimate of drug-likeness (QED) is 0.724. The third kappa shape index (κ3) is 2.09. The minimum atomic E-state index is -0.490. The van der Waals surface area contributed by atoms with E-state index in [9.17, 15) is 4.79 Å². The molecule has 1 aromatic rings. The molecule has 17 heavy (non-hydrogen) atoms. The maximum atomic E-state index is 11.5. The second-order valence-electron chi connectivity index (χ2n) is 4.64. The van der Waals surface area contributed by atoms with Crippen molar-refractivity contribution in [1.29, 1.82) is 0 Å². The van der Waals surface area contributed by atoms with Crippen molar-refractivity contribution >= 4 is 17.6 Å². The SMILES string of the molecule is COC(=O)c1cc(Cl)c2c(n1)C(C)(C)CCO2. The Bertz CT molecular complexity index is 471. The number of ether oxygens (including phenoxy) is 2. The standard InChI is InChI=1S/C12H14ClNO3/c1-12(2)4-5-17-9-7(13)6-8(11(15)16-3)14-10(9)12/h6H,4-5H2,1-3H3. The number of carbonyl (C=O) groups is 1. The van der Waals surface area contributed by atoms with Gasteiger partial charge >= 0.3 is 5.97 Å². The summed E-state index contributed by atoms with van der Waals surface area (Å²) in [7, 11) is 1.32. The van der Waals surface area contributed by atoms with Crippen LogP contribution in [0.4, 0.5) is 0 Å². The van der Waals surface area contributed by atoms with E-state index in [1.54, 1.807) is 0 Å². The maximum absolute atomic E-state index is 11.5. The highest BCUT2D eigenvalue weighted by atomic mass is 35.5. The molecule has 1 aliphatic heterocycles. The molecule has 0 amide bonds. The van der Waals surface area contributed by atoms with Gasteiger partial charge in [0.25, 0.3) is 0 Å². The zero-order chi connectivity index (χ0) is 12.6. The van der Waals surface area contributed by atoms with Crippen LogP contribution in [-0.2, 0) is 10.2 Å². The van der Waals surface area contributed by atoms with E-state index in [2.05, 4.69) is 23.6 Å². The summed E-state index contributed by atoms with van der Waals surface area (Å²) in [5.41, 5.74) is 0.785. The van der Waals surface area contributed by atoms with Gasteiger partial charge in [0, 0.05) is 5.41 Å². The molecule has 5 heteroatoms. The van der Waals surface area contributed by atoms with Crippen molar-refractivity contribution in [2.45, 2.75) is 25.7 Å². The Balaban J connectivity index is 2.58. The molecule has 0 saturated heterocycles. The van der Waals surface area contributed by atoms with Gasteiger partial charge in [0.15, 0.2) is 5.75 Å². The Labute approximate surface area is 105 Å². The number of carbonyl (C=O) groups excluding carboxylic acids is 1. The summed E-state index contributed by atoms with van der Waals surface area (Å²) < 4.78 is 10.2. The van der Waals surface area contributed by atoms with Gasteiger partial charge in [0.05, 0.1) is 24.4 Å². The molecule has 0 saturated carbocycles. The molecule has 2 heterocycles. The van der Waals surface area contributed by atoms with Gasteiger partial charge in [-0.1, -0.05) is 25.4 Å². The van der Waals surface area contributed by atoms with Crippen LogP contribution in [0, 0.1) is 0 Å². The monoisotopic (exact) mass is 255 g/mol. The molecule has 0 fully saturated rings. The normalized spacial score (nSPS) is 16.9. The first-order valence-corrected chi connectivity index (χ1v) is 5.75. The summed E-state index contributed by atoms with van der Waals surface area (Å²) >= 11 is 6.10. The third-order valence-corrected chi connectivity index (χ3v) is 3.22. The Morgan fingerprint density at radius 1 is 1.59 bits per heavy atom. The highest BCUT2D eigenvalue weighted by molar-refractivity contribution is 6.32. The Kier molecular flexibility index (Phi) is 3.00. The number of hydrogen-bond acceptors (Lipinski definition) is 4. The first kappa shape index (κ1) is 12.2. The molecule has 0 unspecified atom stereocenters. The average molecular weight is 256 g/mol. The minimum absolute atomic E-state index is 0.152. The maximum Gasteiger partial charge on any atom is 0.356 e. The lowest BCUT2D eigenvalue weighted by Crippen LogP contribution is -2.29. The van der Waals surface area contributed by atoms with Gasteiger partial charge in [-0.2, -0.15) is 0 Å². The lowest BCUT2D eigenvalue weighted by molar-refractivity contribution is 0.0593. The number of halogens is 1. The molecular weight excluding hydrogens is 242 g/mol. The lowest BCUT2D eigenvalue weighted by Gasteiger charge is -2.31. The summed E-state index contributed by atoms with van der Waals surface area (Å²) in [6.45, 7) is 4.72. The summed E-state index contributed by atoms with van der Waals surface area (Å²) in [5, 5.41) is 0.406. The Hall–Kier alpha value is -1.29. The number of fused-ring (bicyclic) bond motifs is 1. The van der Waals surface area contributed by atoms with Crippen LogP contribution in [0.3, 0.4) is 0 Å². The minimum Gasteiger partial charge on any atom is -0.490 e. The fourth-order valence-electron chi connectivity index (χ4n) is 1.83. The predicted molar refractivity (Wildman–Crippen MR) is 63.7 cm³/mol. The number of esters is 1. The first-order chi connectivity index (χ1) is 7.95. The van der Waals surface area contributed by atoms with Crippen molar-refractivity contribution in [1.82, 2.24) is 4.98 Å². The fraction of sp³-hybridized carbons (Fsp3) is 0.500. The van der Waals surface area contributed by atoms with Gasteiger partial charge in [0.1, 0.15) is 5.69 Å². The second-order valence-corrected chi connectivity index (χ2v) is 5.05. The van der Waals surface area contributed by atoms with E-state index >= 15 is 0 Å². The molecule has 1 aromatic heterocycles. The number of aromatic nitrogens is 1. The number of nitrogens with zero attached hydrogens (tertiary/aromatic N) is 1. The van der Waals surface area contributed by atoms with Crippen molar-refractivity contribution in [3.05, 3.63) is 22.5 Å². The molecule has 92 valence electrons. The van der Waals surface area contributed by atoms with E-state index in [-0.39, 0.29) is 11.1 Å². The molecule has 1 aliphatic rings. The van der Waals surface area contributed by atoms with Crippen molar-refractivity contribution in [2.75, 3.05) is 13.7 Å². The van der Waals surface area contributed by atoms with Gasteiger partial charge in [-0.05, 0) is 12.5 Å². The average Bonchev–Trinajstić information content (AvgIpc) is 2.28. The second kappa shape index (κ2) is 4.18. The fourth-order valence-corrected chi connectivity index (χ4v) is 2.08.